The number of hydrogen-bond donors (Lipinski definition) is 1. The molecule has 1 atom stereocenters. The van der Waals surface area contributed by atoms with E-state index < -0.39 is 6.04 Å². The number of benzene rings is 2. The van der Waals surface area contributed by atoms with Gasteiger partial charge in [0.15, 0.2) is 0 Å². The van der Waals surface area contributed by atoms with Crippen LogP contribution in [0.4, 0.5) is 0 Å². The molecule has 1 aromatic heterocycles. The third-order valence-corrected chi connectivity index (χ3v) is 6.94. The van der Waals surface area contributed by atoms with Gasteiger partial charge in [-0.1, -0.05) is 48.0 Å². The van der Waals surface area contributed by atoms with Crippen LogP contribution in [0, 0.1) is 0 Å². The Morgan fingerprint density at radius 2 is 2.06 bits per heavy atom. The molecule has 0 unspecified atom stereocenters. The number of nitrogens with one attached hydrogen (secondary N) is 1. The highest BCUT2D eigenvalue weighted by molar-refractivity contribution is 7.13. The second-order valence-corrected chi connectivity index (χ2v) is 9.21. The minimum atomic E-state index is -0.429. The van der Waals surface area contributed by atoms with Crippen LogP contribution in [-0.2, 0) is 22.4 Å². The van der Waals surface area contributed by atoms with Crippen molar-refractivity contribution in [3.8, 4) is 16.3 Å². The summed E-state index contributed by atoms with van der Waals surface area (Å²) < 4.78 is 5.16. The summed E-state index contributed by atoms with van der Waals surface area (Å²) in [5.41, 5.74) is 2.85. The number of carbonyl (C=O) groups is 2. The molecule has 2 amide bonds. The number of halogens is 1. The van der Waals surface area contributed by atoms with Crippen LogP contribution in [0.3, 0.4) is 0 Å². The Morgan fingerprint density at radius 1 is 1.24 bits per heavy atom. The van der Waals surface area contributed by atoms with Gasteiger partial charge in [0.1, 0.15) is 16.8 Å². The van der Waals surface area contributed by atoms with E-state index in [4.69, 9.17) is 16.3 Å². The normalized spacial score (nSPS) is 15.5. The van der Waals surface area contributed by atoms with Crippen molar-refractivity contribution in [1.82, 2.24) is 15.2 Å². The first-order chi connectivity index (χ1) is 16.0. The first kappa shape index (κ1) is 23.3. The largest absolute Gasteiger partial charge is 0.495 e. The Balaban J connectivity index is 1.29. The molecule has 0 saturated carbocycles. The lowest BCUT2D eigenvalue weighted by atomic mass is 10.1. The highest BCUT2D eigenvalue weighted by Crippen LogP contribution is 2.26. The van der Waals surface area contributed by atoms with Gasteiger partial charge in [-0.2, -0.15) is 0 Å². The minimum Gasteiger partial charge on any atom is -0.495 e. The fourth-order valence-electron chi connectivity index (χ4n) is 4.00. The summed E-state index contributed by atoms with van der Waals surface area (Å²) in [7, 11) is 1.55. The molecule has 1 aliphatic rings. The molecule has 3 aromatic rings. The average molecular weight is 484 g/mol. The number of rotatable bonds is 8. The van der Waals surface area contributed by atoms with Crippen molar-refractivity contribution < 1.29 is 14.3 Å². The molecule has 1 saturated heterocycles. The summed E-state index contributed by atoms with van der Waals surface area (Å²) in [5.74, 6) is 0.398. The lowest BCUT2D eigenvalue weighted by Gasteiger charge is -2.24. The Bertz CT molecular complexity index is 1120. The van der Waals surface area contributed by atoms with Crippen molar-refractivity contribution in [3.63, 3.8) is 0 Å². The standard InChI is InChI=1S/C25H26ClN3O3S/c1-32-22-10-9-17(14-20(22)26)15-23(30)29-13-5-8-21(29)24(31)27-12-11-19-16-33-25(28-19)18-6-3-2-4-7-18/h2-4,6-7,9-10,14,16,21H,5,8,11-13,15H2,1H3,(H,27,31)/t21-/m1/s1. The molecule has 0 radical (unpaired) electrons. The number of aromatic nitrogens is 1. The van der Waals surface area contributed by atoms with E-state index in [1.807, 2.05) is 41.8 Å². The van der Waals surface area contributed by atoms with E-state index in [9.17, 15) is 9.59 Å². The number of amides is 2. The van der Waals surface area contributed by atoms with Gasteiger partial charge in [-0.15, -0.1) is 11.3 Å². The van der Waals surface area contributed by atoms with Gasteiger partial charge in [-0.25, -0.2) is 4.98 Å². The van der Waals surface area contributed by atoms with Crippen LogP contribution in [0.1, 0.15) is 24.1 Å². The second-order valence-electron chi connectivity index (χ2n) is 7.94. The molecule has 33 heavy (non-hydrogen) atoms. The third kappa shape index (κ3) is 5.72. The molecule has 1 fully saturated rings. The molecule has 0 spiro atoms. The van der Waals surface area contributed by atoms with E-state index in [2.05, 4.69) is 10.3 Å². The molecule has 8 heteroatoms. The van der Waals surface area contributed by atoms with Crippen molar-refractivity contribution in [2.75, 3.05) is 20.2 Å². The number of likely N-dealkylation sites (tertiary alicyclic amines) is 1. The van der Waals surface area contributed by atoms with Gasteiger partial charge in [0.05, 0.1) is 24.2 Å². The summed E-state index contributed by atoms with van der Waals surface area (Å²) in [4.78, 5) is 32.0. The van der Waals surface area contributed by atoms with Crippen molar-refractivity contribution in [1.29, 1.82) is 0 Å². The van der Waals surface area contributed by atoms with Crippen LogP contribution in [-0.4, -0.2) is 47.9 Å². The first-order valence-electron chi connectivity index (χ1n) is 10.9. The van der Waals surface area contributed by atoms with Gasteiger partial charge in [-0.05, 0) is 30.5 Å². The topological polar surface area (TPSA) is 71.5 Å². The SMILES string of the molecule is COc1ccc(CC(=O)N2CCC[C@@H]2C(=O)NCCc2csc(-c3ccccc3)n2)cc1Cl. The molecular formula is C25H26ClN3O3S. The van der Waals surface area contributed by atoms with Gasteiger partial charge < -0.3 is 15.0 Å². The van der Waals surface area contributed by atoms with Crippen LogP contribution in [0.25, 0.3) is 10.6 Å². The van der Waals surface area contributed by atoms with E-state index in [-0.39, 0.29) is 18.2 Å². The zero-order chi connectivity index (χ0) is 23.2. The van der Waals surface area contributed by atoms with E-state index in [0.717, 1.165) is 28.2 Å². The lowest BCUT2D eigenvalue weighted by molar-refractivity contribution is -0.137. The van der Waals surface area contributed by atoms with Gasteiger partial charge in [0.25, 0.3) is 0 Å². The van der Waals surface area contributed by atoms with Gasteiger partial charge >= 0.3 is 0 Å². The zero-order valence-corrected chi connectivity index (χ0v) is 20.0. The summed E-state index contributed by atoms with van der Waals surface area (Å²) in [6.07, 6.45) is 2.35. The van der Waals surface area contributed by atoms with Gasteiger partial charge in [0, 0.05) is 30.5 Å². The number of ether oxygens (including phenoxy) is 1. The Hall–Kier alpha value is -2.90. The predicted octanol–water partition coefficient (Wildman–Crippen LogP) is 4.36. The highest BCUT2D eigenvalue weighted by atomic mass is 35.5. The molecule has 6 nitrogen and oxygen atoms in total. The molecule has 2 heterocycles. The van der Waals surface area contributed by atoms with Gasteiger partial charge in [-0.3, -0.25) is 9.59 Å². The van der Waals surface area contributed by atoms with E-state index in [1.54, 1.807) is 35.5 Å². The third-order valence-electron chi connectivity index (χ3n) is 5.70. The van der Waals surface area contributed by atoms with E-state index in [0.29, 0.717) is 36.7 Å². The maximum atomic E-state index is 12.9. The monoisotopic (exact) mass is 483 g/mol. The summed E-state index contributed by atoms with van der Waals surface area (Å²) >= 11 is 7.78. The Morgan fingerprint density at radius 3 is 2.82 bits per heavy atom. The summed E-state index contributed by atoms with van der Waals surface area (Å²) in [6.45, 7) is 1.08. The van der Waals surface area contributed by atoms with Crippen LogP contribution in [0.5, 0.6) is 5.75 Å². The second kappa shape index (κ2) is 10.8. The molecular weight excluding hydrogens is 458 g/mol. The number of nitrogens with zero attached hydrogens (tertiary/aromatic N) is 2. The molecule has 0 aliphatic carbocycles. The smallest absolute Gasteiger partial charge is 0.242 e. The predicted molar refractivity (Wildman–Crippen MR) is 131 cm³/mol. The number of carbonyl (C=O) groups excluding carboxylic acids is 2. The zero-order valence-electron chi connectivity index (χ0n) is 18.4. The number of methoxy groups -OCH3 is 1. The highest BCUT2D eigenvalue weighted by Gasteiger charge is 2.33. The molecule has 172 valence electrons. The van der Waals surface area contributed by atoms with Crippen molar-refractivity contribution in [2.24, 2.45) is 0 Å². The molecule has 0 bridgehead atoms. The maximum Gasteiger partial charge on any atom is 0.242 e. The summed E-state index contributed by atoms with van der Waals surface area (Å²) in [5, 5.41) is 6.46. The molecule has 4 rings (SSSR count). The molecule has 2 aromatic carbocycles. The van der Waals surface area contributed by atoms with Crippen LogP contribution < -0.4 is 10.1 Å². The quantitative estimate of drug-likeness (QED) is 0.516. The van der Waals surface area contributed by atoms with Crippen molar-refractivity contribution in [2.45, 2.75) is 31.7 Å². The number of thiazole rings is 1. The Kier molecular flexibility index (Phi) is 7.62. The van der Waals surface area contributed by atoms with Gasteiger partial charge in [0.2, 0.25) is 11.8 Å². The summed E-state index contributed by atoms with van der Waals surface area (Å²) in [6, 6.07) is 14.9. The molecule has 1 aliphatic heterocycles. The van der Waals surface area contributed by atoms with Crippen LogP contribution in [0.15, 0.2) is 53.9 Å². The van der Waals surface area contributed by atoms with Crippen LogP contribution in [0.2, 0.25) is 5.02 Å². The minimum absolute atomic E-state index is 0.0686. The Labute approximate surface area is 202 Å². The average Bonchev–Trinajstić information content (AvgIpc) is 3.50. The maximum absolute atomic E-state index is 12.9. The fourth-order valence-corrected chi connectivity index (χ4v) is 5.14. The van der Waals surface area contributed by atoms with Crippen LogP contribution >= 0.6 is 22.9 Å². The van der Waals surface area contributed by atoms with Crippen molar-refractivity contribution in [3.05, 3.63) is 70.2 Å². The fraction of sp³-hybridized carbons (Fsp3) is 0.320. The first-order valence-corrected chi connectivity index (χ1v) is 12.2. The van der Waals surface area contributed by atoms with E-state index >= 15 is 0 Å². The molecule has 1 N–H and O–H groups in total. The number of hydrogen-bond acceptors (Lipinski definition) is 5. The van der Waals surface area contributed by atoms with E-state index in [1.165, 1.54) is 0 Å². The van der Waals surface area contributed by atoms with Crippen molar-refractivity contribution >= 4 is 34.8 Å². The lowest BCUT2D eigenvalue weighted by Crippen LogP contribution is -2.46.